The van der Waals surface area contributed by atoms with Crippen molar-refractivity contribution >= 4 is 23.5 Å². The topological polar surface area (TPSA) is 9.23 Å². The summed E-state index contributed by atoms with van der Waals surface area (Å²) in [6, 6.07) is 28.2. The van der Waals surface area contributed by atoms with Crippen LogP contribution in [0.15, 0.2) is 77.7 Å². The van der Waals surface area contributed by atoms with Crippen LogP contribution >= 0.6 is 23.5 Å². The third-order valence-corrected chi connectivity index (χ3v) is 6.20. The van der Waals surface area contributed by atoms with Crippen LogP contribution in [0.25, 0.3) is 0 Å². The Bertz CT molecular complexity index is 783. The van der Waals surface area contributed by atoms with E-state index in [9.17, 15) is 0 Å². The SMILES string of the molecule is [CH2]CCSCc1ccc(SCc2ccc(OCc3cc[c]cc3)cc2)cc1. The van der Waals surface area contributed by atoms with Crippen LogP contribution in [-0.2, 0) is 18.1 Å². The lowest BCUT2D eigenvalue weighted by Gasteiger charge is -2.08. The van der Waals surface area contributed by atoms with E-state index in [0.717, 1.165) is 35.0 Å². The Morgan fingerprint density at radius 3 is 2.15 bits per heavy atom. The highest BCUT2D eigenvalue weighted by molar-refractivity contribution is 7.98. The van der Waals surface area contributed by atoms with Crippen LogP contribution in [0.4, 0.5) is 0 Å². The van der Waals surface area contributed by atoms with Gasteiger partial charge in [-0.15, -0.1) is 11.8 Å². The van der Waals surface area contributed by atoms with Gasteiger partial charge in [-0.3, -0.25) is 0 Å². The fourth-order valence-electron chi connectivity index (χ4n) is 2.51. The van der Waals surface area contributed by atoms with E-state index in [-0.39, 0.29) is 0 Å². The molecule has 0 N–H and O–H groups in total. The monoisotopic (exact) mass is 392 g/mol. The summed E-state index contributed by atoms with van der Waals surface area (Å²) in [5.74, 6) is 4.06. The molecule has 3 aromatic rings. The molecule has 27 heavy (non-hydrogen) atoms. The van der Waals surface area contributed by atoms with E-state index >= 15 is 0 Å². The van der Waals surface area contributed by atoms with Crippen LogP contribution in [0.2, 0.25) is 0 Å². The van der Waals surface area contributed by atoms with Crippen LogP contribution in [0.5, 0.6) is 5.75 Å². The Morgan fingerprint density at radius 1 is 0.778 bits per heavy atom. The van der Waals surface area contributed by atoms with Gasteiger partial charge in [0.25, 0.3) is 0 Å². The van der Waals surface area contributed by atoms with Crippen molar-refractivity contribution in [1.82, 2.24) is 0 Å². The Labute approximate surface area is 171 Å². The molecule has 2 radical (unpaired) electrons. The van der Waals surface area contributed by atoms with Gasteiger partial charge in [0.05, 0.1) is 0 Å². The maximum absolute atomic E-state index is 5.84. The fourth-order valence-corrected chi connectivity index (χ4v) is 4.14. The lowest BCUT2D eigenvalue weighted by molar-refractivity contribution is 0.306. The number of hydrogen-bond donors (Lipinski definition) is 0. The molecule has 138 valence electrons. The molecule has 0 bridgehead atoms. The maximum Gasteiger partial charge on any atom is 0.119 e. The van der Waals surface area contributed by atoms with Crippen molar-refractivity contribution in [3.8, 4) is 5.75 Å². The molecule has 0 aromatic heterocycles. The second-order valence-electron chi connectivity index (χ2n) is 6.18. The van der Waals surface area contributed by atoms with E-state index in [2.05, 4.69) is 49.4 Å². The van der Waals surface area contributed by atoms with Crippen molar-refractivity contribution in [3.63, 3.8) is 0 Å². The quantitative estimate of drug-likeness (QED) is 0.277. The van der Waals surface area contributed by atoms with E-state index in [1.807, 2.05) is 59.9 Å². The fraction of sp³-hybridized carbons (Fsp3) is 0.208. The first kappa shape index (κ1) is 19.9. The molecule has 0 aliphatic carbocycles. The van der Waals surface area contributed by atoms with E-state index in [0.29, 0.717) is 6.61 Å². The summed E-state index contributed by atoms with van der Waals surface area (Å²) in [4.78, 5) is 1.31. The first-order chi connectivity index (χ1) is 13.3. The molecule has 3 heteroatoms. The van der Waals surface area contributed by atoms with Crippen molar-refractivity contribution in [1.29, 1.82) is 0 Å². The Balaban J connectivity index is 1.44. The average Bonchev–Trinajstić information content (AvgIpc) is 2.73. The highest BCUT2D eigenvalue weighted by atomic mass is 32.2. The molecule has 0 unspecified atom stereocenters. The van der Waals surface area contributed by atoms with Crippen LogP contribution in [0.3, 0.4) is 0 Å². The molecule has 0 aliphatic rings. The minimum Gasteiger partial charge on any atom is -0.489 e. The molecule has 0 heterocycles. The van der Waals surface area contributed by atoms with Gasteiger partial charge in [0.15, 0.2) is 0 Å². The summed E-state index contributed by atoms with van der Waals surface area (Å²) in [7, 11) is 0. The Morgan fingerprint density at radius 2 is 1.44 bits per heavy atom. The molecule has 1 nitrogen and oxygen atoms in total. The standard InChI is InChI=1S/C24H24OS2/c1-2-16-26-18-21-10-14-24(15-11-21)27-19-22-8-12-23(13-9-22)25-17-20-6-4-3-5-7-20/h4-15H,1-2,16-19H2. The van der Waals surface area contributed by atoms with E-state index in [4.69, 9.17) is 4.74 Å². The second kappa shape index (κ2) is 11.1. The lowest BCUT2D eigenvalue weighted by Crippen LogP contribution is -1.95. The number of rotatable bonds is 10. The van der Waals surface area contributed by atoms with Gasteiger partial charge in [0.2, 0.25) is 0 Å². The normalized spacial score (nSPS) is 10.7. The summed E-state index contributed by atoms with van der Waals surface area (Å²) in [5, 5.41) is 0. The van der Waals surface area contributed by atoms with Crippen LogP contribution < -0.4 is 4.74 Å². The zero-order valence-electron chi connectivity index (χ0n) is 15.4. The highest BCUT2D eigenvalue weighted by Gasteiger charge is 2.00. The third kappa shape index (κ3) is 7.00. The lowest BCUT2D eigenvalue weighted by atomic mass is 10.2. The van der Waals surface area contributed by atoms with Crippen molar-refractivity contribution in [2.24, 2.45) is 0 Å². The van der Waals surface area contributed by atoms with Gasteiger partial charge < -0.3 is 4.74 Å². The maximum atomic E-state index is 5.84. The first-order valence-corrected chi connectivity index (χ1v) is 11.2. The molecular weight excluding hydrogens is 368 g/mol. The van der Waals surface area contributed by atoms with Gasteiger partial charge >= 0.3 is 0 Å². The molecule has 3 rings (SSSR count). The smallest absolute Gasteiger partial charge is 0.119 e. The number of hydrogen-bond acceptors (Lipinski definition) is 3. The van der Waals surface area contributed by atoms with Gasteiger partial charge in [-0.2, -0.15) is 11.8 Å². The van der Waals surface area contributed by atoms with Crippen molar-refractivity contribution in [3.05, 3.63) is 102 Å². The van der Waals surface area contributed by atoms with E-state index in [1.54, 1.807) is 0 Å². The van der Waals surface area contributed by atoms with Crippen molar-refractivity contribution < 1.29 is 4.74 Å². The molecule has 3 aromatic carbocycles. The summed E-state index contributed by atoms with van der Waals surface area (Å²) >= 11 is 3.81. The zero-order valence-corrected chi connectivity index (χ0v) is 17.0. The van der Waals surface area contributed by atoms with Crippen molar-refractivity contribution in [2.75, 3.05) is 5.75 Å². The van der Waals surface area contributed by atoms with Crippen LogP contribution in [0.1, 0.15) is 23.1 Å². The summed E-state index contributed by atoms with van der Waals surface area (Å²) in [5.41, 5.74) is 3.84. The van der Waals surface area contributed by atoms with Gasteiger partial charge in [-0.25, -0.2) is 0 Å². The Kier molecular flexibility index (Phi) is 8.19. The predicted octanol–water partition coefficient (Wildman–Crippen LogP) is 6.82. The predicted molar refractivity (Wildman–Crippen MR) is 118 cm³/mol. The largest absolute Gasteiger partial charge is 0.489 e. The van der Waals surface area contributed by atoms with E-state index < -0.39 is 0 Å². The summed E-state index contributed by atoms with van der Waals surface area (Å²) in [6.07, 6.45) is 0.993. The number of ether oxygens (including phenoxy) is 1. The highest BCUT2D eigenvalue weighted by Crippen LogP contribution is 2.25. The summed E-state index contributed by atoms with van der Waals surface area (Å²) < 4.78 is 5.84. The van der Waals surface area contributed by atoms with E-state index in [1.165, 1.54) is 16.0 Å². The molecular formula is C24H24OS2. The van der Waals surface area contributed by atoms with Crippen LogP contribution in [-0.4, -0.2) is 5.75 Å². The van der Waals surface area contributed by atoms with Gasteiger partial charge in [0.1, 0.15) is 12.4 Å². The van der Waals surface area contributed by atoms with Gasteiger partial charge in [-0.1, -0.05) is 55.5 Å². The second-order valence-corrected chi connectivity index (χ2v) is 8.33. The van der Waals surface area contributed by atoms with Gasteiger partial charge in [-0.05, 0) is 59.2 Å². The molecule has 0 fully saturated rings. The molecule has 0 aliphatic heterocycles. The van der Waals surface area contributed by atoms with Gasteiger partial charge in [0, 0.05) is 16.4 Å². The molecule has 0 amide bonds. The number of benzene rings is 3. The van der Waals surface area contributed by atoms with Crippen molar-refractivity contribution in [2.45, 2.75) is 29.4 Å². The number of thioether (sulfide) groups is 2. The minimum atomic E-state index is 0.585. The molecule has 0 atom stereocenters. The molecule has 0 saturated carbocycles. The molecule has 0 spiro atoms. The Hall–Kier alpha value is -1.84. The summed E-state index contributed by atoms with van der Waals surface area (Å²) in [6.45, 7) is 4.47. The average molecular weight is 393 g/mol. The van der Waals surface area contributed by atoms with Crippen LogP contribution in [0, 0.1) is 13.0 Å². The first-order valence-electron chi connectivity index (χ1n) is 9.09. The third-order valence-electron chi connectivity index (χ3n) is 4.00. The zero-order chi connectivity index (χ0) is 18.7. The minimum absolute atomic E-state index is 0.585. The molecule has 0 saturated heterocycles.